The monoisotopic (exact) mass is 341 g/mol. The third-order valence-corrected chi connectivity index (χ3v) is 4.96. The number of halogens is 2. The van der Waals surface area contributed by atoms with Gasteiger partial charge in [-0.25, -0.2) is 19.9 Å². The van der Waals surface area contributed by atoms with Crippen molar-refractivity contribution in [2.75, 3.05) is 18.0 Å². The van der Waals surface area contributed by atoms with Gasteiger partial charge in [0.15, 0.2) is 0 Å². The van der Waals surface area contributed by atoms with E-state index in [2.05, 4.69) is 24.8 Å². The van der Waals surface area contributed by atoms with Crippen molar-refractivity contribution >= 4 is 40.8 Å². The van der Waals surface area contributed by atoms with E-state index in [0.717, 1.165) is 36.8 Å². The standard InChI is InChI=1S/C13H13Cl2N5S/c14-10-5-12(18-7-16-10)20-3-1-9(2-4-20)21-13-6-11(15)17-8-19-13/h5-9H,1-4H2. The minimum atomic E-state index is 0.479. The van der Waals surface area contributed by atoms with Crippen molar-refractivity contribution in [2.24, 2.45) is 0 Å². The van der Waals surface area contributed by atoms with Crippen LogP contribution in [-0.4, -0.2) is 38.3 Å². The van der Waals surface area contributed by atoms with Gasteiger partial charge in [0.25, 0.3) is 0 Å². The van der Waals surface area contributed by atoms with Gasteiger partial charge in [-0.15, -0.1) is 11.8 Å². The molecular weight excluding hydrogens is 329 g/mol. The van der Waals surface area contributed by atoms with Gasteiger partial charge < -0.3 is 4.90 Å². The van der Waals surface area contributed by atoms with Crippen LogP contribution in [0.15, 0.2) is 29.8 Å². The van der Waals surface area contributed by atoms with E-state index in [0.29, 0.717) is 15.6 Å². The lowest BCUT2D eigenvalue weighted by Gasteiger charge is -2.32. The van der Waals surface area contributed by atoms with Gasteiger partial charge in [0, 0.05) is 30.5 Å². The summed E-state index contributed by atoms with van der Waals surface area (Å²) in [4.78, 5) is 18.6. The molecule has 3 rings (SSSR count). The maximum absolute atomic E-state index is 5.91. The molecule has 1 aliphatic rings. The van der Waals surface area contributed by atoms with Gasteiger partial charge in [-0.05, 0) is 12.8 Å². The highest BCUT2D eigenvalue weighted by atomic mass is 35.5. The fourth-order valence-electron chi connectivity index (χ4n) is 2.25. The summed E-state index contributed by atoms with van der Waals surface area (Å²) in [5, 5.41) is 2.43. The summed E-state index contributed by atoms with van der Waals surface area (Å²) < 4.78 is 0. The minimum Gasteiger partial charge on any atom is -0.356 e. The SMILES string of the molecule is Clc1cc(SC2CCN(c3cc(Cl)ncn3)CC2)ncn1. The van der Waals surface area contributed by atoms with Gasteiger partial charge in [-0.2, -0.15) is 0 Å². The fourth-order valence-corrected chi connectivity index (χ4v) is 3.68. The molecule has 0 atom stereocenters. The van der Waals surface area contributed by atoms with Crippen LogP contribution in [0.2, 0.25) is 10.3 Å². The molecule has 0 N–H and O–H groups in total. The first-order valence-corrected chi connectivity index (χ1v) is 8.21. The van der Waals surface area contributed by atoms with Crippen molar-refractivity contribution < 1.29 is 0 Å². The van der Waals surface area contributed by atoms with Gasteiger partial charge in [0.05, 0.1) is 0 Å². The Morgan fingerprint density at radius 3 is 2.29 bits per heavy atom. The molecule has 1 aliphatic heterocycles. The first kappa shape index (κ1) is 14.8. The van der Waals surface area contributed by atoms with Crippen molar-refractivity contribution in [2.45, 2.75) is 23.1 Å². The summed E-state index contributed by atoms with van der Waals surface area (Å²) >= 11 is 13.5. The highest BCUT2D eigenvalue weighted by Crippen LogP contribution is 2.31. The largest absolute Gasteiger partial charge is 0.356 e. The molecule has 0 amide bonds. The summed E-state index contributed by atoms with van der Waals surface area (Å²) in [6.45, 7) is 1.90. The average molecular weight is 342 g/mol. The first-order chi connectivity index (χ1) is 10.2. The Labute approximate surface area is 137 Å². The lowest BCUT2D eigenvalue weighted by atomic mass is 10.1. The Bertz CT molecular complexity index is 619. The zero-order chi connectivity index (χ0) is 14.7. The van der Waals surface area contributed by atoms with Crippen molar-refractivity contribution in [3.63, 3.8) is 0 Å². The lowest BCUT2D eigenvalue weighted by Crippen LogP contribution is -2.35. The second-order valence-electron chi connectivity index (χ2n) is 4.68. The number of piperidine rings is 1. The second-order valence-corrected chi connectivity index (χ2v) is 6.78. The number of rotatable bonds is 3. The maximum atomic E-state index is 5.91. The topological polar surface area (TPSA) is 54.8 Å². The third-order valence-electron chi connectivity index (χ3n) is 3.28. The Kier molecular flexibility index (Phi) is 4.77. The fraction of sp³-hybridized carbons (Fsp3) is 0.385. The molecule has 0 spiro atoms. The van der Waals surface area contributed by atoms with Crippen LogP contribution in [0.25, 0.3) is 0 Å². The van der Waals surface area contributed by atoms with E-state index in [-0.39, 0.29) is 0 Å². The van der Waals surface area contributed by atoms with Crippen molar-refractivity contribution in [1.29, 1.82) is 0 Å². The molecule has 2 aromatic heterocycles. The normalized spacial score (nSPS) is 16.2. The van der Waals surface area contributed by atoms with Crippen LogP contribution in [0.1, 0.15) is 12.8 Å². The van der Waals surface area contributed by atoms with E-state index in [1.165, 1.54) is 12.7 Å². The number of anilines is 1. The predicted octanol–water partition coefficient (Wildman–Crippen LogP) is 3.33. The molecule has 1 fully saturated rings. The Hall–Kier alpha value is -1.11. The first-order valence-electron chi connectivity index (χ1n) is 6.57. The molecule has 0 bridgehead atoms. The average Bonchev–Trinajstić information content (AvgIpc) is 2.48. The molecule has 2 aromatic rings. The summed E-state index contributed by atoms with van der Waals surface area (Å²) in [6.07, 6.45) is 5.13. The number of aromatic nitrogens is 4. The molecule has 0 saturated carbocycles. The molecule has 110 valence electrons. The molecule has 0 aromatic carbocycles. The van der Waals surface area contributed by atoms with Crippen LogP contribution in [0, 0.1) is 0 Å². The molecule has 0 aliphatic carbocycles. The van der Waals surface area contributed by atoms with E-state index >= 15 is 0 Å². The molecule has 3 heterocycles. The molecule has 1 saturated heterocycles. The number of nitrogens with zero attached hydrogens (tertiary/aromatic N) is 5. The number of hydrogen-bond donors (Lipinski definition) is 0. The van der Waals surface area contributed by atoms with E-state index in [1.54, 1.807) is 17.8 Å². The highest BCUT2D eigenvalue weighted by molar-refractivity contribution is 7.99. The zero-order valence-electron chi connectivity index (χ0n) is 11.1. The number of hydrogen-bond acceptors (Lipinski definition) is 6. The summed E-state index contributed by atoms with van der Waals surface area (Å²) in [5.41, 5.74) is 0. The quantitative estimate of drug-likeness (QED) is 0.798. The van der Waals surface area contributed by atoms with Crippen LogP contribution < -0.4 is 4.90 Å². The Morgan fingerprint density at radius 1 is 0.952 bits per heavy atom. The Morgan fingerprint density at radius 2 is 1.62 bits per heavy atom. The second kappa shape index (κ2) is 6.77. The van der Waals surface area contributed by atoms with Crippen LogP contribution in [0.4, 0.5) is 5.82 Å². The van der Waals surface area contributed by atoms with Crippen molar-refractivity contribution in [3.8, 4) is 0 Å². The van der Waals surface area contributed by atoms with Gasteiger partial charge in [-0.1, -0.05) is 23.2 Å². The van der Waals surface area contributed by atoms with Crippen molar-refractivity contribution in [3.05, 3.63) is 35.1 Å². The summed E-state index contributed by atoms with van der Waals surface area (Å²) in [7, 11) is 0. The number of thioether (sulfide) groups is 1. The van der Waals surface area contributed by atoms with Crippen molar-refractivity contribution in [1.82, 2.24) is 19.9 Å². The molecular formula is C13H13Cl2N5S. The smallest absolute Gasteiger partial charge is 0.134 e. The Balaban J connectivity index is 1.58. The maximum Gasteiger partial charge on any atom is 0.134 e. The zero-order valence-corrected chi connectivity index (χ0v) is 13.4. The highest BCUT2D eigenvalue weighted by Gasteiger charge is 2.21. The van der Waals surface area contributed by atoms with Crippen LogP contribution in [0.3, 0.4) is 0 Å². The van der Waals surface area contributed by atoms with Gasteiger partial charge in [0.2, 0.25) is 0 Å². The molecule has 8 heteroatoms. The van der Waals surface area contributed by atoms with Crippen LogP contribution >= 0.6 is 35.0 Å². The van der Waals surface area contributed by atoms with Gasteiger partial charge in [-0.3, -0.25) is 0 Å². The van der Waals surface area contributed by atoms with Gasteiger partial charge in [0.1, 0.15) is 33.8 Å². The lowest BCUT2D eigenvalue weighted by molar-refractivity contribution is 0.585. The minimum absolute atomic E-state index is 0.479. The summed E-state index contributed by atoms with van der Waals surface area (Å²) in [6, 6.07) is 3.61. The molecule has 5 nitrogen and oxygen atoms in total. The molecule has 0 radical (unpaired) electrons. The van der Waals surface area contributed by atoms with E-state index in [1.807, 2.05) is 6.07 Å². The summed E-state index contributed by atoms with van der Waals surface area (Å²) in [5.74, 6) is 0.892. The molecule has 0 unspecified atom stereocenters. The van der Waals surface area contributed by atoms with Crippen LogP contribution in [0.5, 0.6) is 0 Å². The van der Waals surface area contributed by atoms with Gasteiger partial charge >= 0.3 is 0 Å². The van der Waals surface area contributed by atoms with E-state index in [9.17, 15) is 0 Å². The van der Waals surface area contributed by atoms with E-state index in [4.69, 9.17) is 23.2 Å². The third kappa shape index (κ3) is 3.96. The van der Waals surface area contributed by atoms with E-state index < -0.39 is 0 Å². The predicted molar refractivity (Wildman–Crippen MR) is 85.2 cm³/mol. The molecule has 21 heavy (non-hydrogen) atoms. The van der Waals surface area contributed by atoms with Crippen LogP contribution in [-0.2, 0) is 0 Å².